The quantitative estimate of drug-likeness (QED) is 0.643. The first-order valence-corrected chi connectivity index (χ1v) is 6.79. The van der Waals surface area contributed by atoms with Gasteiger partial charge in [-0.3, -0.25) is 9.59 Å². The smallest absolute Gasteiger partial charge is 0.308 e. The molecule has 18 heavy (non-hydrogen) atoms. The zero-order chi connectivity index (χ0) is 13.5. The van der Waals surface area contributed by atoms with Crippen LogP contribution in [0.5, 0.6) is 0 Å². The molecule has 1 saturated carbocycles. The van der Waals surface area contributed by atoms with Crippen molar-refractivity contribution in [2.24, 2.45) is 17.6 Å². The van der Waals surface area contributed by atoms with Crippen molar-refractivity contribution in [2.45, 2.75) is 51.5 Å². The molecule has 1 rings (SSSR count). The van der Waals surface area contributed by atoms with E-state index in [9.17, 15) is 14.7 Å². The average Bonchev–Trinajstić information content (AvgIpc) is 2.54. The van der Waals surface area contributed by atoms with Crippen LogP contribution in [0.15, 0.2) is 0 Å². The maximum atomic E-state index is 11.9. The van der Waals surface area contributed by atoms with Gasteiger partial charge < -0.3 is 16.2 Å². The molecule has 104 valence electrons. The minimum Gasteiger partial charge on any atom is -0.481 e. The molecule has 0 aliphatic heterocycles. The Morgan fingerprint density at radius 2 is 2.00 bits per heavy atom. The number of carboxylic acid groups (broad SMARTS) is 1. The van der Waals surface area contributed by atoms with Crippen molar-refractivity contribution in [3.05, 3.63) is 0 Å². The third-order valence-corrected chi connectivity index (χ3v) is 3.71. The predicted octanol–water partition coefficient (Wildman–Crippen LogP) is 1.12. The normalized spacial score (nSPS) is 26.1. The summed E-state index contributed by atoms with van der Waals surface area (Å²) in [5.41, 5.74) is 5.43. The first kappa shape index (κ1) is 15.0. The molecule has 0 aromatic rings. The number of carbonyl (C=O) groups is 2. The van der Waals surface area contributed by atoms with Gasteiger partial charge in [-0.2, -0.15) is 0 Å². The van der Waals surface area contributed by atoms with Crippen LogP contribution in [-0.2, 0) is 9.59 Å². The SMILES string of the molecule is CC(CCN)C(=O)NC1CCCCCC1C(=O)O. The topological polar surface area (TPSA) is 92.4 Å². The third-order valence-electron chi connectivity index (χ3n) is 3.71. The van der Waals surface area contributed by atoms with Crippen molar-refractivity contribution in [2.75, 3.05) is 6.54 Å². The van der Waals surface area contributed by atoms with Crippen LogP contribution < -0.4 is 11.1 Å². The maximum Gasteiger partial charge on any atom is 0.308 e. The summed E-state index contributed by atoms with van der Waals surface area (Å²) in [4.78, 5) is 23.1. The van der Waals surface area contributed by atoms with E-state index in [0.29, 0.717) is 19.4 Å². The maximum absolute atomic E-state index is 11.9. The largest absolute Gasteiger partial charge is 0.481 e. The van der Waals surface area contributed by atoms with Crippen molar-refractivity contribution in [1.29, 1.82) is 0 Å². The lowest BCUT2D eigenvalue weighted by Gasteiger charge is -2.24. The fraction of sp³-hybridized carbons (Fsp3) is 0.846. The summed E-state index contributed by atoms with van der Waals surface area (Å²) in [6.07, 6.45) is 5.02. The summed E-state index contributed by atoms with van der Waals surface area (Å²) in [5.74, 6) is -1.46. The van der Waals surface area contributed by atoms with Crippen LogP contribution in [0, 0.1) is 11.8 Å². The lowest BCUT2D eigenvalue weighted by Crippen LogP contribution is -2.45. The molecular formula is C13H24N2O3. The predicted molar refractivity (Wildman–Crippen MR) is 69.0 cm³/mol. The van der Waals surface area contributed by atoms with Gasteiger partial charge in [0.1, 0.15) is 0 Å². The van der Waals surface area contributed by atoms with E-state index in [-0.39, 0.29) is 17.9 Å². The highest BCUT2D eigenvalue weighted by atomic mass is 16.4. The molecule has 4 N–H and O–H groups in total. The lowest BCUT2D eigenvalue weighted by atomic mass is 9.94. The molecule has 1 amide bonds. The summed E-state index contributed by atoms with van der Waals surface area (Å²) in [6.45, 7) is 2.30. The molecule has 3 unspecified atom stereocenters. The van der Waals surface area contributed by atoms with Gasteiger partial charge in [0, 0.05) is 12.0 Å². The van der Waals surface area contributed by atoms with Crippen LogP contribution in [0.4, 0.5) is 0 Å². The van der Waals surface area contributed by atoms with E-state index in [1.165, 1.54) is 0 Å². The fourth-order valence-electron chi connectivity index (χ4n) is 2.48. The Morgan fingerprint density at radius 1 is 1.33 bits per heavy atom. The Balaban J connectivity index is 2.60. The summed E-state index contributed by atoms with van der Waals surface area (Å²) >= 11 is 0. The molecule has 0 aromatic heterocycles. The van der Waals surface area contributed by atoms with Crippen LogP contribution in [0.25, 0.3) is 0 Å². The van der Waals surface area contributed by atoms with Gasteiger partial charge >= 0.3 is 5.97 Å². The summed E-state index contributed by atoms with van der Waals surface area (Å²) in [5, 5.41) is 12.1. The van der Waals surface area contributed by atoms with Gasteiger partial charge in [0.15, 0.2) is 0 Å². The highest BCUT2D eigenvalue weighted by molar-refractivity contribution is 5.80. The van der Waals surface area contributed by atoms with Crippen LogP contribution >= 0.6 is 0 Å². The number of hydrogen-bond acceptors (Lipinski definition) is 3. The van der Waals surface area contributed by atoms with Crippen molar-refractivity contribution in [1.82, 2.24) is 5.32 Å². The second-order valence-corrected chi connectivity index (χ2v) is 5.18. The highest BCUT2D eigenvalue weighted by Gasteiger charge is 2.31. The second kappa shape index (κ2) is 7.36. The number of carboxylic acids is 1. The monoisotopic (exact) mass is 256 g/mol. The number of nitrogens with one attached hydrogen (secondary N) is 1. The second-order valence-electron chi connectivity index (χ2n) is 5.18. The molecule has 0 heterocycles. The van der Waals surface area contributed by atoms with Crippen LogP contribution in [0.2, 0.25) is 0 Å². The van der Waals surface area contributed by atoms with Crippen LogP contribution in [-0.4, -0.2) is 29.6 Å². The van der Waals surface area contributed by atoms with Gasteiger partial charge in [-0.05, 0) is 25.8 Å². The Labute approximate surface area is 108 Å². The first-order chi connectivity index (χ1) is 8.56. The Kier molecular flexibility index (Phi) is 6.12. The van der Waals surface area contributed by atoms with Crippen LogP contribution in [0.3, 0.4) is 0 Å². The minimum absolute atomic E-state index is 0.0707. The van der Waals surface area contributed by atoms with Crippen molar-refractivity contribution in [3.8, 4) is 0 Å². The third kappa shape index (κ3) is 4.29. The van der Waals surface area contributed by atoms with E-state index < -0.39 is 11.9 Å². The molecular weight excluding hydrogens is 232 g/mol. The zero-order valence-corrected chi connectivity index (χ0v) is 11.0. The van der Waals surface area contributed by atoms with Gasteiger partial charge in [0.05, 0.1) is 5.92 Å². The molecule has 1 aliphatic carbocycles. The Bertz CT molecular complexity index is 294. The van der Waals surface area contributed by atoms with Gasteiger partial charge in [-0.25, -0.2) is 0 Å². The van der Waals surface area contributed by atoms with Gasteiger partial charge in [0.25, 0.3) is 0 Å². The zero-order valence-electron chi connectivity index (χ0n) is 11.0. The van der Waals surface area contributed by atoms with E-state index in [1.807, 2.05) is 6.92 Å². The highest BCUT2D eigenvalue weighted by Crippen LogP contribution is 2.24. The van der Waals surface area contributed by atoms with E-state index in [2.05, 4.69) is 5.32 Å². The number of amides is 1. The molecule has 0 bridgehead atoms. The van der Waals surface area contributed by atoms with E-state index >= 15 is 0 Å². The van der Waals surface area contributed by atoms with Crippen molar-refractivity contribution >= 4 is 11.9 Å². The van der Waals surface area contributed by atoms with Crippen molar-refractivity contribution in [3.63, 3.8) is 0 Å². The van der Waals surface area contributed by atoms with Crippen molar-refractivity contribution < 1.29 is 14.7 Å². The Morgan fingerprint density at radius 3 is 2.61 bits per heavy atom. The molecule has 0 saturated heterocycles. The average molecular weight is 256 g/mol. The summed E-state index contributed by atoms with van der Waals surface area (Å²) < 4.78 is 0. The number of aliphatic carboxylic acids is 1. The van der Waals surface area contributed by atoms with Gasteiger partial charge in [0.2, 0.25) is 5.91 Å². The lowest BCUT2D eigenvalue weighted by molar-refractivity contribution is -0.143. The number of rotatable bonds is 5. The first-order valence-electron chi connectivity index (χ1n) is 6.79. The standard InChI is InChI=1S/C13H24N2O3/c1-9(7-8-14)12(16)15-11-6-4-2-3-5-10(11)13(17)18/h9-11H,2-8,14H2,1H3,(H,15,16)(H,17,18). The minimum atomic E-state index is -0.798. The fourth-order valence-corrected chi connectivity index (χ4v) is 2.48. The number of hydrogen-bond donors (Lipinski definition) is 3. The molecule has 1 aliphatic rings. The Hall–Kier alpha value is -1.10. The summed E-state index contributed by atoms with van der Waals surface area (Å²) in [6, 6.07) is -0.224. The van der Waals surface area contributed by atoms with E-state index in [4.69, 9.17) is 5.73 Å². The molecule has 0 radical (unpaired) electrons. The van der Waals surface area contributed by atoms with E-state index in [0.717, 1.165) is 25.7 Å². The van der Waals surface area contributed by atoms with E-state index in [1.54, 1.807) is 0 Å². The van der Waals surface area contributed by atoms with Gasteiger partial charge in [-0.15, -0.1) is 0 Å². The number of carbonyl (C=O) groups excluding carboxylic acids is 1. The molecule has 3 atom stereocenters. The van der Waals surface area contributed by atoms with Gasteiger partial charge in [-0.1, -0.05) is 26.2 Å². The molecule has 0 aromatic carbocycles. The summed E-state index contributed by atoms with van der Waals surface area (Å²) in [7, 11) is 0. The molecule has 0 spiro atoms. The molecule has 5 nitrogen and oxygen atoms in total. The molecule has 5 heteroatoms. The number of nitrogens with two attached hydrogens (primary N) is 1. The van der Waals surface area contributed by atoms with Crippen LogP contribution in [0.1, 0.15) is 45.4 Å². The molecule has 1 fully saturated rings.